The van der Waals surface area contributed by atoms with Crippen LogP contribution in [0, 0.1) is 6.92 Å². The van der Waals surface area contributed by atoms with Gasteiger partial charge in [-0.1, -0.05) is 0 Å². The molecule has 4 heterocycles. The summed E-state index contributed by atoms with van der Waals surface area (Å²) in [4.78, 5) is 21.5. The fourth-order valence-corrected chi connectivity index (χ4v) is 4.86. The maximum Gasteiger partial charge on any atom is 0.433 e. The van der Waals surface area contributed by atoms with Crippen LogP contribution in [0.2, 0.25) is 0 Å². The largest absolute Gasteiger partial charge is 0.497 e. The number of hydrogen-bond acceptors (Lipinski definition) is 7. The summed E-state index contributed by atoms with van der Waals surface area (Å²) < 4.78 is 53.8. The Labute approximate surface area is 216 Å². The lowest BCUT2D eigenvalue weighted by Gasteiger charge is -2.37. The Kier molecular flexibility index (Phi) is 6.84. The third-order valence-electron chi connectivity index (χ3n) is 6.83. The quantitative estimate of drug-likeness (QED) is 0.406. The third kappa shape index (κ3) is 4.61. The summed E-state index contributed by atoms with van der Waals surface area (Å²) in [5.74, 6) is 0.724. The summed E-state index contributed by atoms with van der Waals surface area (Å²) in [7, 11) is 1.50. The summed E-state index contributed by atoms with van der Waals surface area (Å²) in [5.41, 5.74) is -0.692. The van der Waals surface area contributed by atoms with E-state index in [0.717, 1.165) is 6.20 Å². The second kappa shape index (κ2) is 10.1. The molecular weight excluding hydrogens is 503 g/mol. The van der Waals surface area contributed by atoms with Crippen molar-refractivity contribution >= 4 is 11.6 Å². The summed E-state index contributed by atoms with van der Waals surface area (Å²) in [6.07, 6.45) is -2.05. The molecule has 1 aliphatic heterocycles. The molecule has 0 saturated carbocycles. The minimum atomic E-state index is -4.73. The van der Waals surface area contributed by atoms with Crippen LogP contribution in [0.5, 0.6) is 5.75 Å². The first-order chi connectivity index (χ1) is 18.2. The van der Waals surface area contributed by atoms with Crippen LogP contribution in [0.4, 0.5) is 13.2 Å². The number of carbonyl (C=O) groups is 1. The van der Waals surface area contributed by atoms with Gasteiger partial charge in [0.25, 0.3) is 5.91 Å². The molecule has 3 aromatic heterocycles. The average molecular weight is 530 g/mol. The number of aromatic nitrogens is 3. The molecular formula is C26H26F3N5O4. The molecule has 9 nitrogen and oxygen atoms in total. The van der Waals surface area contributed by atoms with Gasteiger partial charge in [0.2, 0.25) is 0 Å². The van der Waals surface area contributed by atoms with Gasteiger partial charge in [-0.25, -0.2) is 9.50 Å². The molecule has 0 radical (unpaired) electrons. The Morgan fingerprint density at radius 2 is 1.87 bits per heavy atom. The monoisotopic (exact) mass is 529 g/mol. The number of furan rings is 1. The number of aliphatic hydroxyl groups excluding tert-OH is 1. The number of amides is 1. The van der Waals surface area contributed by atoms with Crippen LogP contribution in [0.3, 0.4) is 0 Å². The van der Waals surface area contributed by atoms with E-state index in [0.29, 0.717) is 47.8 Å². The van der Waals surface area contributed by atoms with Gasteiger partial charge in [0, 0.05) is 37.3 Å². The molecule has 1 amide bonds. The van der Waals surface area contributed by atoms with Crippen LogP contribution < -0.4 is 4.74 Å². The van der Waals surface area contributed by atoms with Gasteiger partial charge in [-0.2, -0.15) is 18.3 Å². The Morgan fingerprint density at radius 3 is 2.45 bits per heavy atom. The Morgan fingerprint density at radius 1 is 1.16 bits per heavy atom. The van der Waals surface area contributed by atoms with Gasteiger partial charge in [-0.15, -0.1) is 0 Å². The first kappa shape index (κ1) is 25.7. The van der Waals surface area contributed by atoms with E-state index in [-0.39, 0.29) is 35.1 Å². The fourth-order valence-electron chi connectivity index (χ4n) is 4.86. The van der Waals surface area contributed by atoms with E-state index >= 15 is 0 Å². The average Bonchev–Trinajstić information content (AvgIpc) is 3.58. The van der Waals surface area contributed by atoms with Gasteiger partial charge in [0.05, 0.1) is 37.9 Å². The number of halogens is 3. The number of rotatable bonds is 6. The number of nitrogens with zero attached hydrogens (tertiary/aromatic N) is 5. The molecule has 38 heavy (non-hydrogen) atoms. The maximum absolute atomic E-state index is 14.2. The number of piperazine rings is 1. The number of carbonyl (C=O) groups excluding carboxylic acids is 1. The van der Waals surface area contributed by atoms with E-state index in [1.165, 1.54) is 20.3 Å². The zero-order valence-electron chi connectivity index (χ0n) is 20.8. The molecule has 1 aliphatic rings. The molecule has 0 aliphatic carbocycles. The van der Waals surface area contributed by atoms with Crippen LogP contribution in [-0.2, 0) is 6.18 Å². The van der Waals surface area contributed by atoms with Gasteiger partial charge >= 0.3 is 6.18 Å². The highest BCUT2D eigenvalue weighted by Gasteiger charge is 2.39. The molecule has 0 unspecified atom stereocenters. The molecule has 4 aromatic rings. The smallest absolute Gasteiger partial charge is 0.433 e. The van der Waals surface area contributed by atoms with Crippen molar-refractivity contribution in [3.05, 3.63) is 71.4 Å². The highest BCUT2D eigenvalue weighted by atomic mass is 19.4. The number of fused-ring (bicyclic) bond motifs is 1. The lowest BCUT2D eigenvalue weighted by molar-refractivity contribution is -0.143. The van der Waals surface area contributed by atoms with E-state index in [1.807, 2.05) is 4.90 Å². The van der Waals surface area contributed by atoms with Crippen molar-refractivity contribution in [3.8, 4) is 17.0 Å². The SMILES string of the molecule is COc1ccc(-c2nc3c(C(=O)N4CCN([C@H](CO)c5ccco5)CC4)cnn3c(C(F)(F)F)c2C)cc1. The number of methoxy groups -OCH3 is 1. The molecule has 5 rings (SSSR count). The molecule has 1 saturated heterocycles. The summed E-state index contributed by atoms with van der Waals surface area (Å²) in [6.45, 7) is 2.73. The zero-order valence-corrected chi connectivity index (χ0v) is 20.8. The van der Waals surface area contributed by atoms with Crippen molar-refractivity contribution in [2.24, 2.45) is 0 Å². The molecule has 12 heteroatoms. The maximum atomic E-state index is 14.2. The molecule has 1 atom stereocenters. The fraction of sp³-hybridized carbons (Fsp3) is 0.346. The van der Waals surface area contributed by atoms with Crippen LogP contribution >= 0.6 is 0 Å². The predicted octanol–water partition coefficient (Wildman–Crippen LogP) is 3.82. The van der Waals surface area contributed by atoms with Crippen molar-refractivity contribution in [2.75, 3.05) is 39.9 Å². The molecule has 0 bridgehead atoms. The van der Waals surface area contributed by atoms with Crippen LogP contribution in [-0.4, -0.2) is 75.3 Å². The molecule has 0 spiro atoms. The number of alkyl halides is 3. The van der Waals surface area contributed by atoms with Gasteiger partial charge in [0.15, 0.2) is 11.3 Å². The first-order valence-electron chi connectivity index (χ1n) is 12.0. The lowest BCUT2D eigenvalue weighted by Crippen LogP contribution is -2.50. The highest BCUT2D eigenvalue weighted by molar-refractivity contribution is 6.00. The standard InChI is InChI=1S/C26H26F3N5O4/c1-16-22(17-5-7-18(37-2)8-6-17)31-24-19(14-30-34(24)23(16)26(27,28)29)25(36)33-11-9-32(10-12-33)20(15-35)21-4-3-13-38-21/h3-8,13-14,20,35H,9-12,15H2,1-2H3/t20-/m1/s1. The second-order valence-corrected chi connectivity index (χ2v) is 9.00. The van der Waals surface area contributed by atoms with Crippen LogP contribution in [0.25, 0.3) is 16.9 Å². The van der Waals surface area contributed by atoms with E-state index in [1.54, 1.807) is 41.3 Å². The second-order valence-electron chi connectivity index (χ2n) is 9.00. The summed E-state index contributed by atoms with van der Waals surface area (Å²) >= 11 is 0. The Hall–Kier alpha value is -3.90. The third-order valence-corrected chi connectivity index (χ3v) is 6.83. The number of benzene rings is 1. The number of ether oxygens (including phenoxy) is 1. The number of hydrogen-bond donors (Lipinski definition) is 1. The van der Waals surface area contributed by atoms with E-state index in [2.05, 4.69) is 10.1 Å². The minimum absolute atomic E-state index is 0.0107. The lowest BCUT2D eigenvalue weighted by atomic mass is 10.0. The molecule has 1 fully saturated rings. The Balaban J connectivity index is 1.47. The van der Waals surface area contributed by atoms with E-state index in [4.69, 9.17) is 9.15 Å². The molecule has 200 valence electrons. The summed E-state index contributed by atoms with van der Waals surface area (Å²) in [5, 5.41) is 13.8. The van der Waals surface area contributed by atoms with E-state index in [9.17, 15) is 23.1 Å². The summed E-state index contributed by atoms with van der Waals surface area (Å²) in [6, 6.07) is 9.70. The topological polar surface area (TPSA) is 96.3 Å². The highest BCUT2D eigenvalue weighted by Crippen LogP contribution is 2.37. The first-order valence-corrected chi connectivity index (χ1v) is 12.0. The normalized spacial score (nSPS) is 15.7. The van der Waals surface area contributed by atoms with Gasteiger partial charge in [0.1, 0.15) is 17.1 Å². The van der Waals surface area contributed by atoms with Crippen LogP contribution in [0.15, 0.2) is 53.3 Å². The number of aliphatic hydroxyl groups is 1. The van der Waals surface area contributed by atoms with Crippen LogP contribution in [0.1, 0.15) is 33.4 Å². The van der Waals surface area contributed by atoms with Crippen molar-refractivity contribution in [2.45, 2.75) is 19.1 Å². The molecule has 1 N–H and O–H groups in total. The minimum Gasteiger partial charge on any atom is -0.497 e. The molecule has 1 aromatic carbocycles. The predicted molar refractivity (Wildman–Crippen MR) is 131 cm³/mol. The van der Waals surface area contributed by atoms with Crippen molar-refractivity contribution in [1.82, 2.24) is 24.4 Å². The van der Waals surface area contributed by atoms with Gasteiger partial charge in [-0.05, 0) is 43.3 Å². The van der Waals surface area contributed by atoms with Crippen molar-refractivity contribution in [1.29, 1.82) is 0 Å². The van der Waals surface area contributed by atoms with Gasteiger partial charge < -0.3 is 19.2 Å². The van der Waals surface area contributed by atoms with Crippen molar-refractivity contribution in [3.63, 3.8) is 0 Å². The van der Waals surface area contributed by atoms with Gasteiger partial charge in [-0.3, -0.25) is 9.69 Å². The zero-order chi connectivity index (χ0) is 27.0. The van der Waals surface area contributed by atoms with Crippen molar-refractivity contribution < 1.29 is 32.2 Å². The van der Waals surface area contributed by atoms with E-state index < -0.39 is 17.8 Å². The Bertz CT molecular complexity index is 1430.